The number of nitrogens with zero attached hydrogens (tertiary/aromatic N) is 4. The van der Waals surface area contributed by atoms with E-state index in [4.69, 9.17) is 14.5 Å². The molecule has 0 saturated heterocycles. The van der Waals surface area contributed by atoms with E-state index in [-0.39, 0.29) is 6.04 Å². The van der Waals surface area contributed by atoms with Crippen LogP contribution in [0.2, 0.25) is 0 Å². The SMILES string of the molecule is CCOC(=O)c1cnn(-c2nc(-c3ccc(OC)cc3)cs2)c1CN[C@@H](C)c1csc(C)n1. The number of methoxy groups -OCH3 is 1. The largest absolute Gasteiger partial charge is 0.497 e. The smallest absolute Gasteiger partial charge is 0.341 e. The van der Waals surface area contributed by atoms with Crippen LogP contribution in [0.15, 0.2) is 41.2 Å². The lowest BCUT2D eigenvalue weighted by molar-refractivity contribution is 0.0524. The zero-order valence-electron chi connectivity index (χ0n) is 18.9. The molecule has 0 spiro atoms. The fourth-order valence-electron chi connectivity index (χ4n) is 3.28. The summed E-state index contributed by atoms with van der Waals surface area (Å²) in [5.74, 6) is 0.391. The lowest BCUT2D eigenvalue weighted by Crippen LogP contribution is -2.22. The first-order valence-corrected chi connectivity index (χ1v) is 12.3. The van der Waals surface area contributed by atoms with Gasteiger partial charge in [-0.25, -0.2) is 19.4 Å². The summed E-state index contributed by atoms with van der Waals surface area (Å²) >= 11 is 3.08. The summed E-state index contributed by atoms with van der Waals surface area (Å²) in [5.41, 5.74) is 3.90. The van der Waals surface area contributed by atoms with Gasteiger partial charge in [-0.05, 0) is 45.0 Å². The average molecular weight is 484 g/mol. The van der Waals surface area contributed by atoms with Crippen LogP contribution in [0.3, 0.4) is 0 Å². The van der Waals surface area contributed by atoms with Gasteiger partial charge < -0.3 is 14.8 Å². The van der Waals surface area contributed by atoms with Crippen molar-refractivity contribution in [3.8, 4) is 22.1 Å². The fourth-order valence-corrected chi connectivity index (χ4v) is 4.80. The van der Waals surface area contributed by atoms with Gasteiger partial charge in [0.15, 0.2) is 0 Å². The Morgan fingerprint density at radius 3 is 2.64 bits per heavy atom. The second-order valence-corrected chi connectivity index (χ2v) is 9.17. The zero-order chi connectivity index (χ0) is 23.4. The second kappa shape index (κ2) is 10.2. The zero-order valence-corrected chi connectivity index (χ0v) is 20.5. The van der Waals surface area contributed by atoms with Crippen molar-refractivity contribution in [3.63, 3.8) is 0 Å². The third-order valence-electron chi connectivity index (χ3n) is 5.08. The van der Waals surface area contributed by atoms with E-state index in [1.54, 1.807) is 36.2 Å². The standard InChI is InChI=1S/C23H25N5O3S2/c1-5-31-22(29)18-10-25-28(21(18)11-24-14(2)19-12-32-15(3)26-19)23-27-20(13-33-23)16-6-8-17(30-4)9-7-16/h6-10,12-14,24H,5,11H2,1-4H3/t14-/m0/s1. The Morgan fingerprint density at radius 1 is 1.18 bits per heavy atom. The normalized spacial score (nSPS) is 12.0. The maximum atomic E-state index is 12.6. The van der Waals surface area contributed by atoms with Gasteiger partial charge in [0.2, 0.25) is 5.13 Å². The number of aryl methyl sites for hydroxylation is 1. The van der Waals surface area contributed by atoms with Crippen LogP contribution in [-0.2, 0) is 11.3 Å². The Morgan fingerprint density at radius 2 is 1.97 bits per heavy atom. The first-order chi connectivity index (χ1) is 16.0. The minimum Gasteiger partial charge on any atom is -0.497 e. The molecule has 0 aliphatic rings. The van der Waals surface area contributed by atoms with Gasteiger partial charge in [-0.1, -0.05) is 0 Å². The highest BCUT2D eigenvalue weighted by Crippen LogP contribution is 2.27. The summed E-state index contributed by atoms with van der Waals surface area (Å²) in [6, 6.07) is 7.74. The molecule has 172 valence electrons. The Hall–Kier alpha value is -3.08. The highest BCUT2D eigenvalue weighted by molar-refractivity contribution is 7.12. The molecular weight excluding hydrogens is 458 g/mol. The number of ether oxygens (including phenoxy) is 2. The maximum Gasteiger partial charge on any atom is 0.341 e. The number of nitrogens with one attached hydrogen (secondary N) is 1. The molecule has 3 heterocycles. The van der Waals surface area contributed by atoms with E-state index in [1.807, 2.05) is 48.9 Å². The predicted octanol–water partition coefficient (Wildman–Crippen LogP) is 4.80. The molecule has 3 aromatic heterocycles. The van der Waals surface area contributed by atoms with Crippen LogP contribution in [0.25, 0.3) is 16.4 Å². The van der Waals surface area contributed by atoms with Gasteiger partial charge in [-0.3, -0.25) is 0 Å². The van der Waals surface area contributed by atoms with Gasteiger partial charge in [0.1, 0.15) is 11.3 Å². The summed E-state index contributed by atoms with van der Waals surface area (Å²) < 4.78 is 12.2. The molecule has 0 fully saturated rings. The topological polar surface area (TPSA) is 91.2 Å². The first-order valence-electron chi connectivity index (χ1n) is 10.5. The first kappa shape index (κ1) is 23.1. The van der Waals surface area contributed by atoms with Gasteiger partial charge in [0, 0.05) is 28.9 Å². The number of aromatic nitrogens is 4. The molecule has 4 rings (SSSR count). The monoisotopic (exact) mass is 483 g/mol. The van der Waals surface area contributed by atoms with E-state index in [0.29, 0.717) is 29.5 Å². The van der Waals surface area contributed by atoms with Crippen LogP contribution in [0.4, 0.5) is 0 Å². The summed E-state index contributed by atoms with van der Waals surface area (Å²) in [4.78, 5) is 21.9. The van der Waals surface area contributed by atoms with Crippen molar-refractivity contribution in [2.45, 2.75) is 33.4 Å². The van der Waals surface area contributed by atoms with E-state index < -0.39 is 5.97 Å². The lowest BCUT2D eigenvalue weighted by Gasteiger charge is -2.13. The number of hydrogen-bond acceptors (Lipinski definition) is 9. The minimum atomic E-state index is -0.398. The molecule has 1 N–H and O–H groups in total. The highest BCUT2D eigenvalue weighted by Gasteiger charge is 2.22. The number of rotatable bonds is 9. The van der Waals surface area contributed by atoms with Crippen LogP contribution in [0.5, 0.6) is 5.75 Å². The predicted molar refractivity (Wildman–Crippen MR) is 129 cm³/mol. The Bertz CT molecular complexity index is 1230. The fraction of sp³-hybridized carbons (Fsp3) is 0.304. The minimum absolute atomic E-state index is 0.0134. The quantitative estimate of drug-likeness (QED) is 0.342. The van der Waals surface area contributed by atoms with Crippen LogP contribution in [0.1, 0.15) is 46.6 Å². The molecule has 10 heteroatoms. The van der Waals surface area contributed by atoms with Crippen molar-refractivity contribution in [3.05, 3.63) is 63.2 Å². The van der Waals surface area contributed by atoms with Crippen molar-refractivity contribution in [1.82, 2.24) is 25.1 Å². The van der Waals surface area contributed by atoms with Crippen LogP contribution < -0.4 is 10.1 Å². The summed E-state index contributed by atoms with van der Waals surface area (Å²) in [6.45, 7) is 6.52. The molecule has 0 radical (unpaired) electrons. The average Bonchev–Trinajstić information content (AvgIpc) is 3.57. The molecule has 1 atom stereocenters. The number of carbonyl (C=O) groups excluding carboxylic acids is 1. The second-order valence-electron chi connectivity index (χ2n) is 7.28. The molecule has 33 heavy (non-hydrogen) atoms. The van der Waals surface area contributed by atoms with Crippen LogP contribution in [0, 0.1) is 6.92 Å². The molecule has 4 aromatic rings. The van der Waals surface area contributed by atoms with Crippen molar-refractivity contribution in [1.29, 1.82) is 0 Å². The number of benzene rings is 1. The molecular formula is C23H25N5O3S2. The Labute approximate surface area is 200 Å². The van der Waals surface area contributed by atoms with E-state index >= 15 is 0 Å². The van der Waals surface area contributed by atoms with Gasteiger partial charge in [0.05, 0.1) is 42.0 Å². The summed E-state index contributed by atoms with van der Waals surface area (Å²) in [5, 5.41) is 13.6. The summed E-state index contributed by atoms with van der Waals surface area (Å²) in [6.07, 6.45) is 1.54. The lowest BCUT2D eigenvalue weighted by atomic mass is 10.2. The summed E-state index contributed by atoms with van der Waals surface area (Å²) in [7, 11) is 1.64. The van der Waals surface area contributed by atoms with Gasteiger partial charge >= 0.3 is 5.97 Å². The third-order valence-corrected chi connectivity index (χ3v) is 6.69. The van der Waals surface area contributed by atoms with Crippen molar-refractivity contribution in [2.75, 3.05) is 13.7 Å². The van der Waals surface area contributed by atoms with E-state index in [1.165, 1.54) is 11.3 Å². The molecule has 0 bridgehead atoms. The van der Waals surface area contributed by atoms with Gasteiger partial charge in [-0.15, -0.1) is 22.7 Å². The molecule has 0 saturated carbocycles. The van der Waals surface area contributed by atoms with E-state index in [0.717, 1.165) is 27.7 Å². The third kappa shape index (κ3) is 5.13. The number of thiazole rings is 2. The Balaban J connectivity index is 1.62. The molecule has 1 aromatic carbocycles. The number of carbonyl (C=O) groups is 1. The molecule has 0 aliphatic carbocycles. The van der Waals surface area contributed by atoms with Crippen molar-refractivity contribution >= 4 is 28.6 Å². The number of hydrogen-bond donors (Lipinski definition) is 1. The van der Waals surface area contributed by atoms with E-state index in [9.17, 15) is 4.79 Å². The number of esters is 1. The van der Waals surface area contributed by atoms with Gasteiger partial charge in [-0.2, -0.15) is 5.10 Å². The van der Waals surface area contributed by atoms with Crippen LogP contribution in [-0.4, -0.2) is 39.4 Å². The molecule has 0 aliphatic heterocycles. The molecule has 8 nitrogen and oxygen atoms in total. The maximum absolute atomic E-state index is 12.6. The molecule has 0 amide bonds. The van der Waals surface area contributed by atoms with Crippen molar-refractivity contribution < 1.29 is 14.3 Å². The van der Waals surface area contributed by atoms with Crippen LogP contribution >= 0.6 is 22.7 Å². The Kier molecular flexibility index (Phi) is 7.17. The highest BCUT2D eigenvalue weighted by atomic mass is 32.1. The van der Waals surface area contributed by atoms with Crippen molar-refractivity contribution in [2.24, 2.45) is 0 Å². The van der Waals surface area contributed by atoms with Gasteiger partial charge in [0.25, 0.3) is 0 Å². The molecule has 0 unspecified atom stereocenters. The van der Waals surface area contributed by atoms with E-state index in [2.05, 4.69) is 15.4 Å².